The number of carbonyl (C=O) groups excluding carboxylic acids is 1. The molecular weight excluding hydrogens is 303 g/mol. The van der Waals surface area contributed by atoms with E-state index in [1.165, 1.54) is 12.3 Å². The summed E-state index contributed by atoms with van der Waals surface area (Å²) in [5, 5.41) is 11.5. The predicted octanol–water partition coefficient (Wildman–Crippen LogP) is 2.53. The molecule has 2 rings (SSSR count). The SMILES string of the molecule is O=C(Nc1ncc(C#CCO)s1)c1ccc(F)cc1Cl. The highest BCUT2D eigenvalue weighted by molar-refractivity contribution is 7.16. The van der Waals surface area contributed by atoms with Gasteiger partial charge < -0.3 is 5.11 Å². The number of rotatable bonds is 2. The maximum absolute atomic E-state index is 12.9. The van der Waals surface area contributed by atoms with Crippen molar-refractivity contribution in [2.45, 2.75) is 0 Å². The zero-order valence-corrected chi connectivity index (χ0v) is 11.6. The van der Waals surface area contributed by atoms with E-state index in [0.29, 0.717) is 10.0 Å². The van der Waals surface area contributed by atoms with Crippen LogP contribution in [0.15, 0.2) is 24.4 Å². The zero-order valence-electron chi connectivity index (χ0n) is 9.98. The van der Waals surface area contributed by atoms with E-state index in [-0.39, 0.29) is 17.2 Å². The monoisotopic (exact) mass is 310 g/mol. The molecule has 0 aliphatic heterocycles. The lowest BCUT2D eigenvalue weighted by Crippen LogP contribution is -2.12. The molecule has 0 fully saturated rings. The molecule has 1 amide bonds. The molecule has 0 saturated heterocycles. The minimum absolute atomic E-state index is 0.0272. The minimum Gasteiger partial charge on any atom is -0.384 e. The van der Waals surface area contributed by atoms with Gasteiger partial charge in [0.05, 0.1) is 21.7 Å². The number of aromatic nitrogens is 1. The van der Waals surface area contributed by atoms with Crippen molar-refractivity contribution < 1.29 is 14.3 Å². The maximum atomic E-state index is 12.9. The highest BCUT2D eigenvalue weighted by atomic mass is 35.5. The number of halogens is 2. The topological polar surface area (TPSA) is 62.2 Å². The number of thiazole rings is 1. The fraction of sp³-hybridized carbons (Fsp3) is 0.0769. The van der Waals surface area contributed by atoms with Gasteiger partial charge in [0.15, 0.2) is 5.13 Å². The van der Waals surface area contributed by atoms with Gasteiger partial charge in [-0.1, -0.05) is 34.8 Å². The van der Waals surface area contributed by atoms with Crippen LogP contribution in [0.25, 0.3) is 0 Å². The first kappa shape index (κ1) is 14.5. The van der Waals surface area contributed by atoms with Gasteiger partial charge in [-0.15, -0.1) is 0 Å². The Morgan fingerprint density at radius 1 is 1.55 bits per heavy atom. The second-order valence-electron chi connectivity index (χ2n) is 3.57. The first-order valence-electron chi connectivity index (χ1n) is 5.42. The number of hydrogen-bond acceptors (Lipinski definition) is 4. The maximum Gasteiger partial charge on any atom is 0.258 e. The first-order chi connectivity index (χ1) is 9.60. The van der Waals surface area contributed by atoms with Crippen LogP contribution in [-0.4, -0.2) is 22.6 Å². The van der Waals surface area contributed by atoms with Crippen LogP contribution >= 0.6 is 22.9 Å². The Balaban J connectivity index is 2.13. The van der Waals surface area contributed by atoms with Crippen molar-refractivity contribution in [3.8, 4) is 11.8 Å². The van der Waals surface area contributed by atoms with Crippen LogP contribution in [0, 0.1) is 17.7 Å². The quantitative estimate of drug-likeness (QED) is 0.838. The summed E-state index contributed by atoms with van der Waals surface area (Å²) in [5.41, 5.74) is 0.159. The Hall–Kier alpha value is -1.94. The first-order valence-corrected chi connectivity index (χ1v) is 6.61. The number of aliphatic hydroxyl groups is 1. The normalized spacial score (nSPS) is 9.75. The number of aliphatic hydroxyl groups excluding tert-OH is 1. The number of anilines is 1. The number of nitrogens with zero attached hydrogens (tertiary/aromatic N) is 1. The Labute approximate surface area is 123 Å². The summed E-state index contributed by atoms with van der Waals surface area (Å²) >= 11 is 6.96. The summed E-state index contributed by atoms with van der Waals surface area (Å²) in [4.78, 5) is 16.5. The molecule has 2 aromatic rings. The number of hydrogen-bond donors (Lipinski definition) is 2. The molecule has 102 valence electrons. The number of benzene rings is 1. The smallest absolute Gasteiger partial charge is 0.258 e. The van der Waals surface area contributed by atoms with Crippen molar-refractivity contribution in [3.63, 3.8) is 0 Å². The largest absolute Gasteiger partial charge is 0.384 e. The van der Waals surface area contributed by atoms with Gasteiger partial charge >= 0.3 is 0 Å². The van der Waals surface area contributed by atoms with Gasteiger partial charge in [-0.25, -0.2) is 9.37 Å². The lowest BCUT2D eigenvalue weighted by Gasteiger charge is -2.03. The van der Waals surface area contributed by atoms with Crippen molar-refractivity contribution in [3.05, 3.63) is 45.7 Å². The van der Waals surface area contributed by atoms with Gasteiger partial charge in [0.2, 0.25) is 0 Å². The van der Waals surface area contributed by atoms with E-state index in [0.717, 1.165) is 23.5 Å². The molecular formula is C13H8ClFN2O2S. The highest BCUT2D eigenvalue weighted by Crippen LogP contribution is 2.21. The van der Waals surface area contributed by atoms with E-state index >= 15 is 0 Å². The molecule has 2 N–H and O–H groups in total. The Bertz CT molecular complexity index is 706. The van der Waals surface area contributed by atoms with Crippen LogP contribution in [-0.2, 0) is 0 Å². The molecule has 4 nitrogen and oxygen atoms in total. The van der Waals surface area contributed by atoms with E-state index in [1.807, 2.05) is 0 Å². The Morgan fingerprint density at radius 3 is 3.05 bits per heavy atom. The molecule has 0 aliphatic carbocycles. The number of nitrogens with one attached hydrogen (secondary N) is 1. The average molecular weight is 311 g/mol. The summed E-state index contributed by atoms with van der Waals surface area (Å²) in [6, 6.07) is 3.52. The highest BCUT2D eigenvalue weighted by Gasteiger charge is 2.12. The van der Waals surface area contributed by atoms with Crippen LogP contribution in [0.2, 0.25) is 5.02 Å². The lowest BCUT2D eigenvalue weighted by molar-refractivity contribution is 0.102. The average Bonchev–Trinajstić information content (AvgIpc) is 2.83. The second-order valence-corrected chi connectivity index (χ2v) is 5.01. The predicted molar refractivity (Wildman–Crippen MR) is 75.4 cm³/mol. The van der Waals surface area contributed by atoms with Gasteiger partial charge in [0.25, 0.3) is 5.91 Å². The van der Waals surface area contributed by atoms with Crippen molar-refractivity contribution in [2.24, 2.45) is 0 Å². The minimum atomic E-state index is -0.512. The molecule has 0 aliphatic rings. The fourth-order valence-corrected chi connectivity index (χ4v) is 2.29. The molecule has 1 aromatic carbocycles. The molecule has 20 heavy (non-hydrogen) atoms. The summed E-state index contributed by atoms with van der Waals surface area (Å²) < 4.78 is 12.9. The third-order valence-electron chi connectivity index (χ3n) is 2.19. The van der Waals surface area contributed by atoms with Gasteiger partial charge in [0, 0.05) is 0 Å². The molecule has 0 saturated carbocycles. The van der Waals surface area contributed by atoms with Crippen molar-refractivity contribution in [1.82, 2.24) is 4.98 Å². The van der Waals surface area contributed by atoms with Gasteiger partial charge in [-0.2, -0.15) is 0 Å². The van der Waals surface area contributed by atoms with Crippen LogP contribution in [0.4, 0.5) is 9.52 Å². The third kappa shape index (κ3) is 3.54. The fourth-order valence-electron chi connectivity index (χ4n) is 1.35. The molecule has 1 aromatic heterocycles. The molecule has 7 heteroatoms. The van der Waals surface area contributed by atoms with E-state index in [9.17, 15) is 9.18 Å². The van der Waals surface area contributed by atoms with Crippen LogP contribution in [0.3, 0.4) is 0 Å². The molecule has 0 spiro atoms. The van der Waals surface area contributed by atoms with Crippen molar-refractivity contribution in [1.29, 1.82) is 0 Å². The molecule has 0 bridgehead atoms. The van der Waals surface area contributed by atoms with Gasteiger partial charge in [0.1, 0.15) is 12.4 Å². The summed E-state index contributed by atoms with van der Waals surface area (Å²) in [7, 11) is 0. The standard InChI is InChI=1S/C13H8ClFN2O2S/c14-11-6-8(15)3-4-10(11)12(19)17-13-16-7-9(20-13)2-1-5-18/h3-4,6-7,18H,5H2,(H,16,17,19). The van der Waals surface area contributed by atoms with Crippen molar-refractivity contribution in [2.75, 3.05) is 11.9 Å². The number of carbonyl (C=O) groups is 1. The summed E-state index contributed by atoms with van der Waals surface area (Å²) in [6.45, 7) is -0.245. The molecule has 0 unspecified atom stereocenters. The summed E-state index contributed by atoms with van der Waals surface area (Å²) in [6.07, 6.45) is 1.48. The molecule has 0 atom stereocenters. The Morgan fingerprint density at radius 2 is 2.35 bits per heavy atom. The zero-order chi connectivity index (χ0) is 14.5. The van der Waals surface area contributed by atoms with E-state index in [1.54, 1.807) is 0 Å². The van der Waals surface area contributed by atoms with Gasteiger partial charge in [-0.3, -0.25) is 10.1 Å². The van der Waals surface area contributed by atoms with Crippen LogP contribution in [0.5, 0.6) is 0 Å². The van der Waals surface area contributed by atoms with Crippen molar-refractivity contribution >= 4 is 34.0 Å². The number of amides is 1. The van der Waals surface area contributed by atoms with Crippen LogP contribution < -0.4 is 5.32 Å². The van der Waals surface area contributed by atoms with Crippen LogP contribution in [0.1, 0.15) is 15.2 Å². The third-order valence-corrected chi connectivity index (χ3v) is 3.33. The van der Waals surface area contributed by atoms with E-state index in [4.69, 9.17) is 16.7 Å². The molecule has 0 radical (unpaired) electrons. The van der Waals surface area contributed by atoms with E-state index < -0.39 is 11.7 Å². The molecule has 1 heterocycles. The van der Waals surface area contributed by atoms with E-state index in [2.05, 4.69) is 22.1 Å². The lowest BCUT2D eigenvalue weighted by atomic mass is 10.2. The summed E-state index contributed by atoms with van der Waals surface area (Å²) in [5.74, 6) is 4.16. The van der Waals surface area contributed by atoms with Gasteiger partial charge in [-0.05, 0) is 18.2 Å². The second kappa shape index (κ2) is 6.48. The Kier molecular flexibility index (Phi) is 4.69.